The number of nitrogens with zero attached hydrogens (tertiary/aromatic N) is 2. The highest BCUT2D eigenvalue weighted by Crippen LogP contribution is 2.21. The van der Waals surface area contributed by atoms with E-state index >= 15 is 0 Å². The van der Waals surface area contributed by atoms with Gasteiger partial charge in [-0.3, -0.25) is 9.80 Å². The van der Waals surface area contributed by atoms with Crippen LogP contribution < -0.4 is 5.32 Å². The summed E-state index contributed by atoms with van der Waals surface area (Å²) >= 11 is 0. The highest BCUT2D eigenvalue weighted by molar-refractivity contribution is 4.89. The molecular formula is C14H29N3. The van der Waals surface area contributed by atoms with Gasteiger partial charge >= 0.3 is 0 Å². The van der Waals surface area contributed by atoms with E-state index in [1.54, 1.807) is 0 Å². The average Bonchev–Trinajstić information content (AvgIpc) is 3.04. The predicted octanol–water partition coefficient (Wildman–Crippen LogP) is 1.40. The van der Waals surface area contributed by atoms with Crippen molar-refractivity contribution < 1.29 is 0 Å². The lowest BCUT2D eigenvalue weighted by atomic mass is 9.98. The first kappa shape index (κ1) is 13.3. The molecule has 100 valence electrons. The monoisotopic (exact) mass is 239 g/mol. The Hall–Kier alpha value is -0.120. The van der Waals surface area contributed by atoms with Gasteiger partial charge in [-0.15, -0.1) is 0 Å². The number of nitrogens with one attached hydrogen (secondary N) is 1. The molecule has 0 amide bonds. The molecule has 2 fully saturated rings. The van der Waals surface area contributed by atoms with E-state index in [1.807, 2.05) is 0 Å². The predicted molar refractivity (Wildman–Crippen MR) is 73.3 cm³/mol. The van der Waals surface area contributed by atoms with Gasteiger partial charge in [0.05, 0.1) is 0 Å². The van der Waals surface area contributed by atoms with E-state index in [9.17, 15) is 0 Å². The Morgan fingerprint density at radius 3 is 2.59 bits per heavy atom. The SMILES string of the molecule is CC(CNC1CC1)CN1CCN(C)C(C)(C)C1. The Labute approximate surface area is 107 Å². The molecule has 1 heterocycles. The molecule has 0 radical (unpaired) electrons. The largest absolute Gasteiger partial charge is 0.314 e. The number of hydrogen-bond donors (Lipinski definition) is 1. The molecule has 2 rings (SSSR count). The molecule has 0 aromatic rings. The van der Waals surface area contributed by atoms with Gasteiger partial charge in [-0.05, 0) is 46.2 Å². The van der Waals surface area contributed by atoms with Crippen molar-refractivity contribution in [3.63, 3.8) is 0 Å². The van der Waals surface area contributed by atoms with Gasteiger partial charge in [0.15, 0.2) is 0 Å². The molecule has 1 N–H and O–H groups in total. The fraction of sp³-hybridized carbons (Fsp3) is 1.00. The molecule has 1 aliphatic carbocycles. The maximum Gasteiger partial charge on any atom is 0.0277 e. The highest BCUT2D eigenvalue weighted by Gasteiger charge is 2.31. The molecule has 2 aliphatic rings. The van der Waals surface area contributed by atoms with Crippen LogP contribution in [-0.2, 0) is 0 Å². The molecule has 0 bridgehead atoms. The van der Waals surface area contributed by atoms with E-state index in [2.05, 4.69) is 42.9 Å². The van der Waals surface area contributed by atoms with Crippen LogP contribution in [0.25, 0.3) is 0 Å². The van der Waals surface area contributed by atoms with Gasteiger partial charge in [-0.2, -0.15) is 0 Å². The third-order valence-electron chi connectivity index (χ3n) is 4.30. The zero-order chi connectivity index (χ0) is 12.5. The Balaban J connectivity index is 1.70. The van der Waals surface area contributed by atoms with Crippen LogP contribution in [-0.4, -0.2) is 61.2 Å². The minimum Gasteiger partial charge on any atom is -0.314 e. The number of hydrogen-bond acceptors (Lipinski definition) is 3. The molecule has 3 nitrogen and oxygen atoms in total. The van der Waals surface area contributed by atoms with Crippen molar-refractivity contribution in [2.75, 3.05) is 39.8 Å². The first-order chi connectivity index (χ1) is 7.97. The van der Waals surface area contributed by atoms with Crippen molar-refractivity contribution in [2.45, 2.75) is 45.2 Å². The van der Waals surface area contributed by atoms with Crippen LogP contribution in [0.3, 0.4) is 0 Å². The summed E-state index contributed by atoms with van der Waals surface area (Å²) in [6.07, 6.45) is 2.79. The second-order valence-electron chi connectivity index (χ2n) is 6.76. The van der Waals surface area contributed by atoms with Crippen molar-refractivity contribution in [1.82, 2.24) is 15.1 Å². The lowest BCUT2D eigenvalue weighted by Crippen LogP contribution is -2.58. The van der Waals surface area contributed by atoms with Crippen LogP contribution in [0.1, 0.15) is 33.6 Å². The molecule has 1 atom stereocenters. The summed E-state index contributed by atoms with van der Waals surface area (Å²) < 4.78 is 0. The zero-order valence-corrected chi connectivity index (χ0v) is 12.0. The third kappa shape index (κ3) is 3.94. The summed E-state index contributed by atoms with van der Waals surface area (Å²) in [6.45, 7) is 13.2. The fourth-order valence-electron chi connectivity index (χ4n) is 2.66. The molecular weight excluding hydrogens is 210 g/mol. The second-order valence-corrected chi connectivity index (χ2v) is 6.76. The van der Waals surface area contributed by atoms with Crippen molar-refractivity contribution in [1.29, 1.82) is 0 Å². The number of piperazine rings is 1. The molecule has 1 saturated carbocycles. The lowest BCUT2D eigenvalue weighted by Gasteiger charge is -2.46. The second kappa shape index (κ2) is 5.25. The van der Waals surface area contributed by atoms with Gasteiger partial charge in [0.1, 0.15) is 0 Å². The smallest absolute Gasteiger partial charge is 0.0277 e. The number of likely N-dealkylation sites (N-methyl/N-ethyl adjacent to an activating group) is 1. The Kier molecular flexibility index (Phi) is 4.11. The van der Waals surface area contributed by atoms with Crippen LogP contribution in [0.2, 0.25) is 0 Å². The standard InChI is InChI=1S/C14H29N3/c1-12(9-15-13-5-6-13)10-17-8-7-16(4)14(2,3)11-17/h12-13,15H,5-11H2,1-4H3. The fourth-order valence-corrected chi connectivity index (χ4v) is 2.66. The van der Waals surface area contributed by atoms with Gasteiger partial charge in [0.25, 0.3) is 0 Å². The minimum atomic E-state index is 0.335. The number of rotatable bonds is 5. The highest BCUT2D eigenvalue weighted by atomic mass is 15.3. The first-order valence-electron chi connectivity index (χ1n) is 7.14. The minimum absolute atomic E-state index is 0.335. The Morgan fingerprint density at radius 1 is 1.29 bits per heavy atom. The molecule has 0 spiro atoms. The molecule has 17 heavy (non-hydrogen) atoms. The van der Waals surface area contributed by atoms with Gasteiger partial charge in [0, 0.05) is 37.8 Å². The van der Waals surface area contributed by atoms with Crippen LogP contribution in [0, 0.1) is 5.92 Å². The molecule has 0 aromatic carbocycles. The summed E-state index contributed by atoms with van der Waals surface area (Å²) in [7, 11) is 2.25. The lowest BCUT2D eigenvalue weighted by molar-refractivity contribution is 0.0333. The van der Waals surface area contributed by atoms with E-state index < -0.39 is 0 Å². The van der Waals surface area contributed by atoms with Crippen LogP contribution in [0.5, 0.6) is 0 Å². The molecule has 0 aromatic heterocycles. The molecule has 1 aliphatic heterocycles. The topological polar surface area (TPSA) is 18.5 Å². The van der Waals surface area contributed by atoms with Gasteiger partial charge in [-0.25, -0.2) is 0 Å². The molecule has 1 saturated heterocycles. The quantitative estimate of drug-likeness (QED) is 0.782. The van der Waals surface area contributed by atoms with E-state index in [0.717, 1.165) is 12.0 Å². The third-order valence-corrected chi connectivity index (χ3v) is 4.30. The maximum absolute atomic E-state index is 3.64. The van der Waals surface area contributed by atoms with Crippen molar-refractivity contribution >= 4 is 0 Å². The van der Waals surface area contributed by atoms with Gasteiger partial charge < -0.3 is 5.32 Å². The van der Waals surface area contributed by atoms with Crippen molar-refractivity contribution in [3.05, 3.63) is 0 Å². The Morgan fingerprint density at radius 2 is 2.00 bits per heavy atom. The summed E-state index contributed by atoms with van der Waals surface area (Å²) in [6, 6.07) is 0.849. The van der Waals surface area contributed by atoms with Crippen LogP contribution in [0.4, 0.5) is 0 Å². The van der Waals surface area contributed by atoms with E-state index in [-0.39, 0.29) is 0 Å². The van der Waals surface area contributed by atoms with Crippen LogP contribution in [0.15, 0.2) is 0 Å². The van der Waals surface area contributed by atoms with Gasteiger partial charge in [0.2, 0.25) is 0 Å². The summed E-state index contributed by atoms with van der Waals surface area (Å²) in [5.74, 6) is 0.773. The van der Waals surface area contributed by atoms with E-state index in [4.69, 9.17) is 0 Å². The zero-order valence-electron chi connectivity index (χ0n) is 12.0. The maximum atomic E-state index is 3.64. The van der Waals surface area contributed by atoms with Crippen molar-refractivity contribution in [2.24, 2.45) is 5.92 Å². The van der Waals surface area contributed by atoms with Gasteiger partial charge in [-0.1, -0.05) is 6.92 Å². The normalized spacial score (nSPS) is 28.2. The van der Waals surface area contributed by atoms with E-state index in [0.29, 0.717) is 5.54 Å². The van der Waals surface area contributed by atoms with E-state index in [1.165, 1.54) is 45.6 Å². The summed E-state index contributed by atoms with van der Waals surface area (Å²) in [5, 5.41) is 3.64. The summed E-state index contributed by atoms with van der Waals surface area (Å²) in [5.41, 5.74) is 0.335. The average molecular weight is 239 g/mol. The van der Waals surface area contributed by atoms with Crippen LogP contribution >= 0.6 is 0 Å². The molecule has 1 unspecified atom stereocenters. The van der Waals surface area contributed by atoms with Crippen molar-refractivity contribution in [3.8, 4) is 0 Å². The molecule has 3 heteroatoms. The Bertz CT molecular complexity index is 248. The summed E-state index contributed by atoms with van der Waals surface area (Å²) in [4.78, 5) is 5.12. The first-order valence-corrected chi connectivity index (χ1v) is 7.14.